The zero-order valence-corrected chi connectivity index (χ0v) is 10.6. The Bertz CT molecular complexity index is 412. The van der Waals surface area contributed by atoms with E-state index < -0.39 is 0 Å². The van der Waals surface area contributed by atoms with Gasteiger partial charge in [-0.2, -0.15) is 5.10 Å². The zero-order chi connectivity index (χ0) is 12.3. The number of thiocarbonyl (C=S) groups is 1. The fraction of sp³-hybridized carbons (Fsp3) is 0.545. The van der Waals surface area contributed by atoms with E-state index in [0.717, 1.165) is 37.5 Å². The van der Waals surface area contributed by atoms with Crippen LogP contribution in [0.3, 0.4) is 0 Å². The molecule has 2 heterocycles. The van der Waals surface area contributed by atoms with Gasteiger partial charge in [-0.25, -0.2) is 0 Å². The van der Waals surface area contributed by atoms with Gasteiger partial charge in [0.15, 0.2) is 5.82 Å². The lowest BCUT2D eigenvalue weighted by atomic mass is 10.2. The maximum Gasteiger partial charge on any atom is 0.161 e. The van der Waals surface area contributed by atoms with Crippen LogP contribution in [0, 0.1) is 0 Å². The number of nitrogens with two attached hydrogens (primary N) is 1. The molecule has 0 radical (unpaired) electrons. The van der Waals surface area contributed by atoms with E-state index in [0.29, 0.717) is 4.99 Å². The van der Waals surface area contributed by atoms with Gasteiger partial charge in [-0.05, 0) is 19.4 Å². The van der Waals surface area contributed by atoms with Gasteiger partial charge < -0.3 is 15.4 Å². The van der Waals surface area contributed by atoms with E-state index in [2.05, 4.69) is 22.0 Å². The molecule has 0 aromatic carbocycles. The van der Waals surface area contributed by atoms with Crippen LogP contribution in [0.25, 0.3) is 0 Å². The minimum absolute atomic E-state index is 0.179. The summed E-state index contributed by atoms with van der Waals surface area (Å²) in [6, 6.07) is 1.81. The van der Waals surface area contributed by atoms with Crippen LogP contribution in [-0.2, 0) is 4.74 Å². The Hall–Kier alpha value is -1.27. The number of ether oxygens (including phenoxy) is 1. The van der Waals surface area contributed by atoms with E-state index >= 15 is 0 Å². The summed E-state index contributed by atoms with van der Waals surface area (Å²) in [5.74, 6) is 0.761. The molecule has 0 amide bonds. The highest BCUT2D eigenvalue weighted by Crippen LogP contribution is 2.19. The monoisotopic (exact) mass is 252 g/mol. The molecule has 0 saturated carbocycles. The molecule has 1 saturated heterocycles. The first kappa shape index (κ1) is 12.2. The second-order valence-electron chi connectivity index (χ2n) is 4.11. The number of anilines is 1. The zero-order valence-electron chi connectivity index (χ0n) is 9.80. The minimum Gasteiger partial charge on any atom is -0.389 e. The van der Waals surface area contributed by atoms with E-state index in [4.69, 9.17) is 22.7 Å². The first-order valence-corrected chi connectivity index (χ1v) is 6.07. The molecule has 5 nitrogen and oxygen atoms in total. The Morgan fingerprint density at radius 1 is 1.65 bits per heavy atom. The van der Waals surface area contributed by atoms with Gasteiger partial charge >= 0.3 is 0 Å². The average molecular weight is 252 g/mol. The van der Waals surface area contributed by atoms with Crippen molar-refractivity contribution < 1.29 is 4.74 Å². The summed E-state index contributed by atoms with van der Waals surface area (Å²) in [5, 5.41) is 8.06. The summed E-state index contributed by atoms with van der Waals surface area (Å²) >= 11 is 5.03. The highest BCUT2D eigenvalue weighted by Gasteiger charge is 2.20. The van der Waals surface area contributed by atoms with Crippen molar-refractivity contribution in [1.29, 1.82) is 0 Å². The number of hydrogen-bond acceptors (Lipinski definition) is 5. The Morgan fingerprint density at radius 2 is 2.47 bits per heavy atom. The van der Waals surface area contributed by atoms with Crippen LogP contribution in [-0.4, -0.2) is 41.0 Å². The van der Waals surface area contributed by atoms with Crippen molar-refractivity contribution in [2.24, 2.45) is 5.73 Å². The molecule has 2 rings (SSSR count). The van der Waals surface area contributed by atoms with Gasteiger partial charge in [-0.3, -0.25) is 0 Å². The quantitative estimate of drug-likeness (QED) is 0.783. The van der Waals surface area contributed by atoms with Crippen molar-refractivity contribution in [2.75, 3.05) is 24.6 Å². The SMILES string of the molecule is CC1CN(c2nnccc2C(N)=S)CCCO1. The molecule has 0 aliphatic carbocycles. The van der Waals surface area contributed by atoms with Gasteiger partial charge in [0.1, 0.15) is 4.99 Å². The van der Waals surface area contributed by atoms with Crippen LogP contribution in [0.2, 0.25) is 0 Å². The minimum atomic E-state index is 0.179. The van der Waals surface area contributed by atoms with Gasteiger partial charge in [-0.1, -0.05) is 12.2 Å². The third-order valence-electron chi connectivity index (χ3n) is 2.72. The van der Waals surface area contributed by atoms with Crippen molar-refractivity contribution in [1.82, 2.24) is 10.2 Å². The third-order valence-corrected chi connectivity index (χ3v) is 2.94. The molecule has 1 fully saturated rings. The molecule has 2 N–H and O–H groups in total. The van der Waals surface area contributed by atoms with Gasteiger partial charge in [0.2, 0.25) is 0 Å². The van der Waals surface area contributed by atoms with E-state index in [-0.39, 0.29) is 6.10 Å². The normalized spacial score (nSPS) is 21.0. The second-order valence-corrected chi connectivity index (χ2v) is 4.55. The highest BCUT2D eigenvalue weighted by molar-refractivity contribution is 7.80. The summed E-state index contributed by atoms with van der Waals surface area (Å²) in [7, 11) is 0. The lowest BCUT2D eigenvalue weighted by molar-refractivity contribution is 0.0820. The van der Waals surface area contributed by atoms with Crippen LogP contribution < -0.4 is 10.6 Å². The van der Waals surface area contributed by atoms with Crippen LogP contribution in [0.15, 0.2) is 12.3 Å². The molecule has 17 heavy (non-hydrogen) atoms. The molecule has 0 bridgehead atoms. The molecule has 92 valence electrons. The van der Waals surface area contributed by atoms with Gasteiger partial charge in [0.05, 0.1) is 17.9 Å². The number of aromatic nitrogens is 2. The van der Waals surface area contributed by atoms with Crippen LogP contribution in [0.5, 0.6) is 0 Å². The van der Waals surface area contributed by atoms with Gasteiger partial charge in [0.25, 0.3) is 0 Å². The lowest BCUT2D eigenvalue weighted by Crippen LogP contribution is -2.33. The van der Waals surface area contributed by atoms with Crippen molar-refractivity contribution in [3.63, 3.8) is 0 Å². The van der Waals surface area contributed by atoms with Gasteiger partial charge in [0, 0.05) is 19.7 Å². The fourth-order valence-electron chi connectivity index (χ4n) is 1.94. The van der Waals surface area contributed by atoms with Crippen LogP contribution >= 0.6 is 12.2 Å². The Morgan fingerprint density at radius 3 is 3.24 bits per heavy atom. The summed E-state index contributed by atoms with van der Waals surface area (Å²) in [5.41, 5.74) is 6.48. The molecule has 1 aliphatic rings. The number of hydrogen-bond donors (Lipinski definition) is 1. The van der Waals surface area contributed by atoms with Crippen molar-refractivity contribution in [2.45, 2.75) is 19.4 Å². The average Bonchev–Trinajstić information content (AvgIpc) is 2.54. The Balaban J connectivity index is 2.28. The van der Waals surface area contributed by atoms with Crippen molar-refractivity contribution in [3.8, 4) is 0 Å². The first-order valence-electron chi connectivity index (χ1n) is 5.66. The van der Waals surface area contributed by atoms with E-state index in [1.54, 1.807) is 12.3 Å². The molecule has 1 aromatic rings. The van der Waals surface area contributed by atoms with E-state index in [1.807, 2.05) is 0 Å². The lowest BCUT2D eigenvalue weighted by Gasteiger charge is -2.24. The summed E-state index contributed by atoms with van der Waals surface area (Å²) in [6.07, 6.45) is 2.76. The van der Waals surface area contributed by atoms with E-state index in [9.17, 15) is 0 Å². The van der Waals surface area contributed by atoms with Crippen LogP contribution in [0.4, 0.5) is 5.82 Å². The molecule has 0 spiro atoms. The maximum absolute atomic E-state index is 5.70. The Kier molecular flexibility index (Phi) is 3.86. The number of rotatable bonds is 2. The number of nitrogens with zero attached hydrogens (tertiary/aromatic N) is 3. The summed E-state index contributed by atoms with van der Waals surface area (Å²) in [6.45, 7) is 4.50. The standard InChI is InChI=1S/C11H16N4OS/c1-8-7-15(5-2-6-16-8)11-9(10(12)17)3-4-13-14-11/h3-4,8H,2,5-7H2,1H3,(H2,12,17). The molecule has 1 atom stereocenters. The first-order chi connectivity index (χ1) is 8.18. The predicted molar refractivity (Wildman–Crippen MR) is 70.2 cm³/mol. The van der Waals surface area contributed by atoms with Gasteiger partial charge in [-0.15, -0.1) is 5.10 Å². The Labute approximate surface area is 106 Å². The highest BCUT2D eigenvalue weighted by atomic mass is 32.1. The summed E-state index contributed by atoms with van der Waals surface area (Å²) < 4.78 is 5.60. The summed E-state index contributed by atoms with van der Waals surface area (Å²) in [4.78, 5) is 2.49. The molecule has 1 aliphatic heterocycles. The van der Waals surface area contributed by atoms with Crippen molar-refractivity contribution >= 4 is 23.0 Å². The molecule has 6 heteroatoms. The topological polar surface area (TPSA) is 64.3 Å². The van der Waals surface area contributed by atoms with Crippen LogP contribution in [0.1, 0.15) is 18.9 Å². The molecular weight excluding hydrogens is 236 g/mol. The van der Waals surface area contributed by atoms with Crippen molar-refractivity contribution in [3.05, 3.63) is 17.8 Å². The maximum atomic E-state index is 5.70. The molecular formula is C11H16N4OS. The largest absolute Gasteiger partial charge is 0.389 e. The third kappa shape index (κ3) is 2.89. The second kappa shape index (κ2) is 5.37. The fourth-order valence-corrected chi connectivity index (χ4v) is 2.10. The predicted octanol–water partition coefficient (Wildman–Crippen LogP) is 0.726. The molecule has 1 unspecified atom stereocenters. The van der Waals surface area contributed by atoms with E-state index in [1.165, 1.54) is 0 Å². The smallest absolute Gasteiger partial charge is 0.161 e. The molecule has 1 aromatic heterocycles.